The number of amides is 1. The van der Waals surface area contributed by atoms with E-state index in [4.69, 9.17) is 0 Å². The first kappa shape index (κ1) is 16.3. The van der Waals surface area contributed by atoms with Crippen molar-refractivity contribution in [2.45, 2.75) is 26.3 Å². The minimum atomic E-state index is 0.142. The summed E-state index contributed by atoms with van der Waals surface area (Å²) in [7, 11) is 1.84. The third-order valence-corrected chi connectivity index (χ3v) is 6.44. The van der Waals surface area contributed by atoms with Crippen LogP contribution in [-0.4, -0.2) is 27.8 Å². The molecule has 4 nitrogen and oxygen atoms in total. The van der Waals surface area contributed by atoms with Gasteiger partial charge in [-0.3, -0.25) is 4.79 Å². The van der Waals surface area contributed by atoms with Gasteiger partial charge in [0.2, 0.25) is 5.91 Å². The molecule has 7 heteroatoms. The Morgan fingerprint density at radius 1 is 1.30 bits per heavy atom. The molecule has 0 unspecified atom stereocenters. The van der Waals surface area contributed by atoms with Crippen LogP contribution in [-0.2, 0) is 17.8 Å². The van der Waals surface area contributed by atoms with E-state index in [0.29, 0.717) is 13.0 Å². The molecule has 3 rings (SSSR count). The predicted octanol–water partition coefficient (Wildman–Crippen LogP) is 4.23. The van der Waals surface area contributed by atoms with Crippen LogP contribution in [0.15, 0.2) is 28.4 Å². The zero-order valence-corrected chi connectivity index (χ0v) is 15.4. The second-order valence-electron chi connectivity index (χ2n) is 5.23. The second-order valence-corrected chi connectivity index (χ2v) is 7.98. The second kappa shape index (κ2) is 7.33. The number of rotatable bonds is 6. The number of carbonyl (C=O) groups excluding carboxylic acids is 1. The summed E-state index contributed by atoms with van der Waals surface area (Å²) >= 11 is 4.93. The van der Waals surface area contributed by atoms with E-state index < -0.39 is 0 Å². The molecule has 0 aliphatic carbocycles. The van der Waals surface area contributed by atoms with Crippen LogP contribution >= 0.6 is 34.0 Å². The molecule has 3 aromatic rings. The van der Waals surface area contributed by atoms with Gasteiger partial charge in [-0.15, -0.1) is 34.0 Å². The molecule has 0 aliphatic heterocycles. The molecule has 0 saturated heterocycles. The van der Waals surface area contributed by atoms with Crippen molar-refractivity contribution < 1.29 is 4.79 Å². The number of thiazole rings is 2. The number of hydrogen-bond donors (Lipinski definition) is 0. The van der Waals surface area contributed by atoms with Gasteiger partial charge in [0.25, 0.3) is 0 Å². The number of aryl methyl sites for hydroxylation is 2. The van der Waals surface area contributed by atoms with Gasteiger partial charge in [0.05, 0.1) is 28.3 Å². The highest BCUT2D eigenvalue weighted by molar-refractivity contribution is 7.20. The van der Waals surface area contributed by atoms with Crippen molar-refractivity contribution >= 4 is 39.9 Å². The standard InChI is InChI=1S/C16H17N3OS3/c1-11-13(23-10-17-11)5-6-15(20)19(2)8-12-9-22-16(18-12)14-4-3-7-21-14/h3-4,7,9-10H,5-6,8H2,1-2H3. The van der Waals surface area contributed by atoms with Crippen LogP contribution < -0.4 is 0 Å². The molecule has 0 saturated carbocycles. The topological polar surface area (TPSA) is 46.1 Å². The summed E-state index contributed by atoms with van der Waals surface area (Å²) in [6, 6.07) is 4.09. The zero-order valence-electron chi connectivity index (χ0n) is 13.0. The first-order chi connectivity index (χ1) is 11.1. The van der Waals surface area contributed by atoms with Gasteiger partial charge in [-0.25, -0.2) is 9.97 Å². The van der Waals surface area contributed by atoms with Crippen molar-refractivity contribution in [3.63, 3.8) is 0 Å². The van der Waals surface area contributed by atoms with Gasteiger partial charge >= 0.3 is 0 Å². The Labute approximate surface area is 147 Å². The molecule has 3 aromatic heterocycles. The average molecular weight is 364 g/mol. The van der Waals surface area contributed by atoms with E-state index in [1.54, 1.807) is 38.9 Å². The zero-order chi connectivity index (χ0) is 16.2. The van der Waals surface area contributed by atoms with Crippen molar-refractivity contribution in [1.82, 2.24) is 14.9 Å². The normalized spacial score (nSPS) is 10.9. The van der Waals surface area contributed by atoms with Crippen molar-refractivity contribution in [3.8, 4) is 9.88 Å². The fourth-order valence-corrected chi connectivity index (χ4v) is 4.61. The number of aromatic nitrogens is 2. The molecule has 0 fully saturated rings. The SMILES string of the molecule is Cc1ncsc1CCC(=O)N(C)Cc1csc(-c2cccs2)n1. The van der Waals surface area contributed by atoms with E-state index in [2.05, 4.69) is 16.0 Å². The Morgan fingerprint density at radius 2 is 2.17 bits per heavy atom. The van der Waals surface area contributed by atoms with Gasteiger partial charge in [0.1, 0.15) is 5.01 Å². The van der Waals surface area contributed by atoms with Crippen molar-refractivity contribution in [2.75, 3.05) is 7.05 Å². The maximum atomic E-state index is 12.3. The number of carbonyl (C=O) groups is 1. The minimum absolute atomic E-state index is 0.142. The fraction of sp³-hybridized carbons (Fsp3) is 0.312. The van der Waals surface area contributed by atoms with Crippen LogP contribution in [0, 0.1) is 6.92 Å². The smallest absolute Gasteiger partial charge is 0.223 e. The Balaban J connectivity index is 1.55. The fourth-order valence-electron chi connectivity index (χ4n) is 2.20. The molecule has 23 heavy (non-hydrogen) atoms. The molecule has 120 valence electrons. The molecule has 0 aromatic carbocycles. The van der Waals surface area contributed by atoms with E-state index in [-0.39, 0.29) is 5.91 Å². The summed E-state index contributed by atoms with van der Waals surface area (Å²) in [5, 5.41) is 5.11. The third-order valence-electron chi connectivity index (χ3n) is 3.52. The summed E-state index contributed by atoms with van der Waals surface area (Å²) in [4.78, 5) is 25.2. The average Bonchev–Trinajstić information content (AvgIpc) is 3.26. The highest BCUT2D eigenvalue weighted by Crippen LogP contribution is 2.28. The quantitative estimate of drug-likeness (QED) is 0.658. The highest BCUT2D eigenvalue weighted by Gasteiger charge is 2.13. The van der Waals surface area contributed by atoms with E-state index in [9.17, 15) is 4.79 Å². The number of thiophene rings is 1. The summed E-state index contributed by atoms with van der Waals surface area (Å²) in [6.07, 6.45) is 1.28. The van der Waals surface area contributed by atoms with E-state index in [1.165, 1.54) is 9.75 Å². The summed E-state index contributed by atoms with van der Waals surface area (Å²) < 4.78 is 0. The monoisotopic (exact) mass is 363 g/mol. The van der Waals surface area contributed by atoms with Crippen LogP contribution in [0.1, 0.15) is 22.7 Å². The molecule has 0 spiro atoms. The lowest BCUT2D eigenvalue weighted by Crippen LogP contribution is -2.26. The van der Waals surface area contributed by atoms with E-state index in [0.717, 1.165) is 22.8 Å². The molecule has 0 bridgehead atoms. The molecule has 0 N–H and O–H groups in total. The summed E-state index contributed by atoms with van der Waals surface area (Å²) in [6.45, 7) is 2.55. The van der Waals surface area contributed by atoms with Gasteiger partial charge in [0, 0.05) is 23.7 Å². The Hall–Kier alpha value is -1.57. The first-order valence-corrected chi connectivity index (χ1v) is 9.88. The van der Waals surface area contributed by atoms with Gasteiger partial charge in [-0.1, -0.05) is 6.07 Å². The van der Waals surface area contributed by atoms with Crippen LogP contribution in [0.4, 0.5) is 0 Å². The lowest BCUT2D eigenvalue weighted by molar-refractivity contribution is -0.130. The minimum Gasteiger partial charge on any atom is -0.340 e. The van der Waals surface area contributed by atoms with Gasteiger partial charge < -0.3 is 4.90 Å². The molecule has 0 radical (unpaired) electrons. The maximum absolute atomic E-state index is 12.3. The summed E-state index contributed by atoms with van der Waals surface area (Å²) in [5.74, 6) is 0.142. The van der Waals surface area contributed by atoms with E-state index in [1.807, 2.05) is 36.3 Å². The Morgan fingerprint density at radius 3 is 2.87 bits per heavy atom. The van der Waals surface area contributed by atoms with Gasteiger partial charge in [-0.05, 0) is 24.8 Å². The van der Waals surface area contributed by atoms with Crippen LogP contribution in [0.2, 0.25) is 0 Å². The lowest BCUT2D eigenvalue weighted by atomic mass is 10.2. The van der Waals surface area contributed by atoms with Crippen molar-refractivity contribution in [2.24, 2.45) is 0 Å². The molecule has 0 aliphatic rings. The molecule has 1 amide bonds. The lowest BCUT2D eigenvalue weighted by Gasteiger charge is -2.15. The highest BCUT2D eigenvalue weighted by atomic mass is 32.1. The van der Waals surface area contributed by atoms with Crippen LogP contribution in [0.3, 0.4) is 0 Å². The number of nitrogens with zero attached hydrogens (tertiary/aromatic N) is 3. The van der Waals surface area contributed by atoms with Crippen molar-refractivity contribution in [3.05, 3.63) is 44.7 Å². The molecule has 3 heterocycles. The molecular formula is C16H17N3OS3. The Kier molecular flexibility index (Phi) is 5.20. The van der Waals surface area contributed by atoms with E-state index >= 15 is 0 Å². The predicted molar refractivity (Wildman–Crippen MR) is 97.1 cm³/mol. The third kappa shape index (κ3) is 4.04. The summed E-state index contributed by atoms with van der Waals surface area (Å²) in [5.41, 5.74) is 3.81. The first-order valence-electron chi connectivity index (χ1n) is 7.24. The van der Waals surface area contributed by atoms with Gasteiger partial charge in [-0.2, -0.15) is 0 Å². The number of hydrogen-bond acceptors (Lipinski definition) is 6. The van der Waals surface area contributed by atoms with Gasteiger partial charge in [0.15, 0.2) is 0 Å². The molecular weight excluding hydrogens is 346 g/mol. The largest absolute Gasteiger partial charge is 0.340 e. The molecule has 0 atom stereocenters. The maximum Gasteiger partial charge on any atom is 0.223 e. The van der Waals surface area contributed by atoms with Crippen LogP contribution in [0.25, 0.3) is 9.88 Å². The van der Waals surface area contributed by atoms with Crippen molar-refractivity contribution in [1.29, 1.82) is 0 Å². The van der Waals surface area contributed by atoms with Crippen LogP contribution in [0.5, 0.6) is 0 Å². The Bertz CT molecular complexity index is 776.